The van der Waals surface area contributed by atoms with Crippen LogP contribution >= 0.6 is 0 Å². The maximum absolute atomic E-state index is 14.3. The Hall–Kier alpha value is -3.93. The smallest absolute Gasteiger partial charge is 0.490 e. The summed E-state index contributed by atoms with van der Waals surface area (Å²) >= 11 is 0. The standard InChI is InChI=1S/C35H41F3N4O4S.C2HF3O2/c36-35(37,38)26-8-11-31-25(19-26)7-12-32(31)41-17-18-42(33(22-41)34(43)40-15-13-27(39)14-16-40)47(44,45)30-10-6-23-20-29(9-5-24(23)21-30)46-28-3-1-2-4-28;3-2(4,5)1(6)7/h5-6,8-11,19-21,27-28,32-33H,1-4,7,12-18,22,39H2;(H,6,7)/t32-,33-;/m0./s1. The number of nitrogens with two attached hydrogens (primary N) is 1. The summed E-state index contributed by atoms with van der Waals surface area (Å²) in [5.41, 5.74) is 6.90. The lowest BCUT2D eigenvalue weighted by atomic mass is 10.0. The van der Waals surface area contributed by atoms with Gasteiger partial charge in [0.15, 0.2) is 0 Å². The molecule has 2 atom stereocenters. The second kappa shape index (κ2) is 15.7. The van der Waals surface area contributed by atoms with Crippen molar-refractivity contribution in [1.29, 1.82) is 0 Å². The number of likely N-dealkylation sites (tertiary alicyclic amines) is 1. The van der Waals surface area contributed by atoms with Gasteiger partial charge in [-0.25, -0.2) is 13.2 Å². The largest absolute Gasteiger partial charge is 0.490 e. The zero-order valence-electron chi connectivity index (χ0n) is 29.3. The van der Waals surface area contributed by atoms with Crippen molar-refractivity contribution in [1.82, 2.24) is 14.1 Å². The summed E-state index contributed by atoms with van der Waals surface area (Å²) < 4.78 is 108. The Morgan fingerprint density at radius 1 is 0.815 bits per heavy atom. The Labute approximate surface area is 308 Å². The van der Waals surface area contributed by atoms with Gasteiger partial charge in [0.05, 0.1) is 16.6 Å². The summed E-state index contributed by atoms with van der Waals surface area (Å²) in [6.45, 7) is 1.51. The van der Waals surface area contributed by atoms with Crippen LogP contribution < -0.4 is 10.5 Å². The number of hydrogen-bond acceptors (Lipinski definition) is 7. The minimum atomic E-state index is -5.08. The molecule has 54 heavy (non-hydrogen) atoms. The lowest BCUT2D eigenvalue weighted by Gasteiger charge is -2.44. The highest BCUT2D eigenvalue weighted by molar-refractivity contribution is 7.89. The Morgan fingerprint density at radius 2 is 1.46 bits per heavy atom. The second-order valence-electron chi connectivity index (χ2n) is 14.3. The maximum Gasteiger partial charge on any atom is 0.490 e. The molecule has 3 fully saturated rings. The minimum absolute atomic E-state index is 0.000000409. The number of piperazine rings is 1. The first kappa shape index (κ1) is 39.8. The molecule has 1 saturated carbocycles. The van der Waals surface area contributed by atoms with Gasteiger partial charge in [-0.3, -0.25) is 9.69 Å². The summed E-state index contributed by atoms with van der Waals surface area (Å²) in [6, 6.07) is 13.4. The number of benzene rings is 3. The molecule has 4 aliphatic rings. The number of carboxylic acids is 1. The topological polar surface area (TPSA) is 133 Å². The van der Waals surface area contributed by atoms with Crippen LogP contribution in [0.1, 0.15) is 67.7 Å². The lowest BCUT2D eigenvalue weighted by Crippen LogP contribution is -2.62. The van der Waals surface area contributed by atoms with Crippen LogP contribution in [0.15, 0.2) is 59.5 Å². The van der Waals surface area contributed by atoms with Gasteiger partial charge in [-0.05, 0) is 110 Å². The number of alkyl halides is 6. The number of carboxylic acid groups (broad SMARTS) is 1. The number of fused-ring (bicyclic) bond motifs is 2. The molecule has 3 N–H and O–H groups in total. The Bertz CT molecular complexity index is 1960. The minimum Gasteiger partial charge on any atom is -0.490 e. The molecule has 294 valence electrons. The Morgan fingerprint density at radius 3 is 2.11 bits per heavy atom. The van der Waals surface area contributed by atoms with Crippen LogP contribution in [0.5, 0.6) is 5.75 Å². The summed E-state index contributed by atoms with van der Waals surface area (Å²) in [4.78, 5) is 26.9. The van der Waals surface area contributed by atoms with Crippen LogP contribution in [0, 0.1) is 0 Å². The third kappa shape index (κ3) is 8.79. The molecule has 0 unspecified atom stereocenters. The number of carbonyl (C=O) groups excluding carboxylic acids is 1. The van der Waals surface area contributed by atoms with E-state index in [9.17, 15) is 39.6 Å². The fraction of sp³-hybridized carbons (Fsp3) is 0.514. The Kier molecular flexibility index (Phi) is 11.5. The number of carbonyl (C=O) groups is 2. The maximum atomic E-state index is 14.3. The first-order chi connectivity index (χ1) is 25.4. The van der Waals surface area contributed by atoms with Gasteiger partial charge in [0, 0.05) is 44.8 Å². The molecule has 0 bridgehead atoms. The van der Waals surface area contributed by atoms with Gasteiger partial charge in [0.1, 0.15) is 11.8 Å². The Balaban J connectivity index is 0.000000649. The number of amides is 1. The fourth-order valence-corrected chi connectivity index (χ4v) is 9.41. The highest BCUT2D eigenvalue weighted by atomic mass is 32.2. The predicted octanol–water partition coefficient (Wildman–Crippen LogP) is 6.13. The van der Waals surface area contributed by atoms with Gasteiger partial charge in [0.25, 0.3) is 0 Å². The molecule has 0 spiro atoms. The number of hydrogen-bond donors (Lipinski definition) is 2. The molecular formula is C37H42F6N4O6S. The number of aliphatic carboxylic acids is 1. The van der Waals surface area contributed by atoms with Crippen LogP contribution in [-0.2, 0) is 32.2 Å². The number of nitrogens with zero attached hydrogens (tertiary/aromatic N) is 3. The number of piperidine rings is 1. The molecule has 1 amide bonds. The number of sulfonamides is 1. The monoisotopic (exact) mass is 784 g/mol. The molecule has 0 aromatic heterocycles. The zero-order valence-corrected chi connectivity index (χ0v) is 30.1. The number of halogens is 6. The third-order valence-electron chi connectivity index (χ3n) is 10.7. The molecule has 10 nitrogen and oxygen atoms in total. The number of aryl methyl sites for hydroxylation is 1. The lowest BCUT2D eigenvalue weighted by molar-refractivity contribution is -0.192. The molecule has 2 aliphatic heterocycles. The van der Waals surface area contributed by atoms with E-state index in [2.05, 4.69) is 4.90 Å². The van der Waals surface area contributed by atoms with Crippen LogP contribution in [0.2, 0.25) is 0 Å². The van der Waals surface area contributed by atoms with E-state index in [1.54, 1.807) is 29.2 Å². The highest BCUT2D eigenvalue weighted by Gasteiger charge is 2.45. The molecular weight excluding hydrogens is 742 g/mol. The van der Waals surface area contributed by atoms with Crippen LogP contribution in [0.3, 0.4) is 0 Å². The van der Waals surface area contributed by atoms with Gasteiger partial charge in [-0.15, -0.1) is 0 Å². The van der Waals surface area contributed by atoms with Crippen molar-refractivity contribution in [3.8, 4) is 5.75 Å². The van der Waals surface area contributed by atoms with Gasteiger partial charge in [0.2, 0.25) is 15.9 Å². The van der Waals surface area contributed by atoms with E-state index in [0.717, 1.165) is 41.0 Å². The average Bonchev–Trinajstić information content (AvgIpc) is 3.80. The van der Waals surface area contributed by atoms with Crippen LogP contribution in [0.25, 0.3) is 10.8 Å². The molecule has 7 rings (SSSR count). The molecule has 2 aliphatic carbocycles. The summed E-state index contributed by atoms with van der Waals surface area (Å²) in [5, 5.41) is 8.76. The van der Waals surface area contributed by atoms with Crippen LogP contribution in [-0.4, -0.2) is 96.6 Å². The van der Waals surface area contributed by atoms with Crippen molar-refractivity contribution < 1.29 is 54.2 Å². The highest BCUT2D eigenvalue weighted by Crippen LogP contribution is 2.41. The molecule has 2 heterocycles. The summed E-state index contributed by atoms with van der Waals surface area (Å²) in [5.74, 6) is -2.25. The first-order valence-electron chi connectivity index (χ1n) is 17.9. The van der Waals surface area contributed by atoms with Crippen molar-refractivity contribution >= 4 is 32.7 Å². The van der Waals surface area contributed by atoms with Crippen molar-refractivity contribution in [3.63, 3.8) is 0 Å². The van der Waals surface area contributed by atoms with Crippen molar-refractivity contribution in [2.75, 3.05) is 32.7 Å². The normalized spacial score (nSPS) is 22.2. The fourth-order valence-electron chi connectivity index (χ4n) is 7.81. The van der Waals surface area contributed by atoms with Gasteiger partial charge in [-0.1, -0.05) is 18.2 Å². The second-order valence-corrected chi connectivity index (χ2v) is 16.1. The first-order valence-corrected chi connectivity index (χ1v) is 19.4. The molecule has 3 aromatic rings. The van der Waals surface area contributed by atoms with Gasteiger partial charge < -0.3 is 20.5 Å². The quantitative estimate of drug-likeness (QED) is 0.286. The van der Waals surface area contributed by atoms with Crippen molar-refractivity contribution in [2.24, 2.45) is 5.73 Å². The average molecular weight is 785 g/mol. The van der Waals surface area contributed by atoms with E-state index in [1.165, 1.54) is 23.2 Å². The zero-order chi connectivity index (χ0) is 39.0. The van der Waals surface area contributed by atoms with Gasteiger partial charge in [-0.2, -0.15) is 30.6 Å². The predicted molar refractivity (Wildman–Crippen MR) is 186 cm³/mol. The summed E-state index contributed by atoms with van der Waals surface area (Å²) in [6.07, 6.45) is -2.49. The summed E-state index contributed by atoms with van der Waals surface area (Å²) in [7, 11) is -4.08. The SMILES string of the molecule is NC1CCN(C(=O)[C@@H]2CN([C@H]3CCc4cc(C(F)(F)F)ccc43)CCN2S(=O)(=O)c2ccc3cc(OC4CCCC4)ccc3c2)CC1.O=C(O)C(F)(F)F. The van der Waals surface area contributed by atoms with E-state index >= 15 is 0 Å². The van der Waals surface area contributed by atoms with E-state index in [4.69, 9.17) is 20.4 Å². The molecule has 17 heteroatoms. The molecule has 3 aromatic carbocycles. The van der Waals surface area contributed by atoms with Crippen molar-refractivity contribution in [3.05, 3.63) is 71.3 Å². The van der Waals surface area contributed by atoms with E-state index in [-0.39, 0.29) is 42.1 Å². The van der Waals surface area contributed by atoms with Crippen LogP contribution in [0.4, 0.5) is 26.3 Å². The van der Waals surface area contributed by atoms with Gasteiger partial charge >= 0.3 is 18.3 Å². The number of ether oxygens (including phenoxy) is 1. The van der Waals surface area contributed by atoms with Crippen molar-refractivity contribution in [2.45, 2.75) is 92.8 Å². The van der Waals surface area contributed by atoms with E-state index in [0.29, 0.717) is 50.9 Å². The molecule has 0 radical (unpaired) electrons. The third-order valence-corrected chi connectivity index (χ3v) is 12.6. The number of rotatable bonds is 6. The molecule has 2 saturated heterocycles. The van der Waals surface area contributed by atoms with E-state index < -0.39 is 40.0 Å². The van der Waals surface area contributed by atoms with E-state index in [1.807, 2.05) is 18.2 Å².